The summed E-state index contributed by atoms with van der Waals surface area (Å²) >= 11 is 3.84. The molecule has 0 heterocycles. The van der Waals surface area contributed by atoms with Gasteiger partial charge in [-0.3, -0.25) is 0 Å². The van der Waals surface area contributed by atoms with Crippen LogP contribution in [0.15, 0.2) is 30.3 Å². The van der Waals surface area contributed by atoms with Crippen LogP contribution < -0.4 is 0 Å². The predicted molar refractivity (Wildman–Crippen MR) is 77.9 cm³/mol. The van der Waals surface area contributed by atoms with E-state index in [1.165, 1.54) is 53.1 Å². The fourth-order valence-electron chi connectivity index (χ4n) is 2.95. The standard InChI is InChI=1S/C16H17Br/c1-2-4-15(17)13-10-9-12-8-7-11-5-3-6-14(13)16(11)12/h3,5-6,9-10,15H,2,4,7-8H2,1H3. The van der Waals surface area contributed by atoms with Gasteiger partial charge in [0, 0.05) is 4.83 Å². The molecule has 0 fully saturated rings. The van der Waals surface area contributed by atoms with Crippen molar-refractivity contribution in [3.8, 4) is 0 Å². The summed E-state index contributed by atoms with van der Waals surface area (Å²) in [7, 11) is 0. The SMILES string of the molecule is CCCC(Br)c1ccc2c3c(cccc13)CC2. The molecule has 0 saturated carbocycles. The Hall–Kier alpha value is -0.820. The number of rotatable bonds is 3. The lowest BCUT2D eigenvalue weighted by Crippen LogP contribution is -1.92. The molecule has 0 saturated heterocycles. The van der Waals surface area contributed by atoms with Crippen LogP contribution in [0.5, 0.6) is 0 Å². The minimum atomic E-state index is 0.498. The lowest BCUT2D eigenvalue weighted by molar-refractivity contribution is 0.792. The van der Waals surface area contributed by atoms with Crippen molar-refractivity contribution >= 4 is 26.7 Å². The molecule has 1 heteroatoms. The molecule has 88 valence electrons. The molecular formula is C16H17Br. The minimum absolute atomic E-state index is 0.498. The van der Waals surface area contributed by atoms with Crippen molar-refractivity contribution in [1.82, 2.24) is 0 Å². The van der Waals surface area contributed by atoms with Gasteiger partial charge in [-0.2, -0.15) is 0 Å². The van der Waals surface area contributed by atoms with Crippen LogP contribution in [0.25, 0.3) is 10.8 Å². The third kappa shape index (κ3) is 1.81. The van der Waals surface area contributed by atoms with E-state index in [0.29, 0.717) is 4.83 Å². The minimum Gasteiger partial charge on any atom is -0.0839 e. The van der Waals surface area contributed by atoms with Crippen LogP contribution in [-0.4, -0.2) is 0 Å². The van der Waals surface area contributed by atoms with Gasteiger partial charge in [0.2, 0.25) is 0 Å². The summed E-state index contributed by atoms with van der Waals surface area (Å²) in [5.41, 5.74) is 4.54. The van der Waals surface area contributed by atoms with E-state index < -0.39 is 0 Å². The average molecular weight is 289 g/mol. The van der Waals surface area contributed by atoms with Crippen molar-refractivity contribution in [1.29, 1.82) is 0 Å². The first-order valence-electron chi connectivity index (χ1n) is 6.48. The number of hydrogen-bond donors (Lipinski definition) is 0. The van der Waals surface area contributed by atoms with Crippen LogP contribution in [-0.2, 0) is 12.8 Å². The second-order valence-electron chi connectivity index (χ2n) is 4.91. The van der Waals surface area contributed by atoms with Crippen molar-refractivity contribution in [3.05, 3.63) is 47.0 Å². The van der Waals surface area contributed by atoms with Gasteiger partial charge in [0.25, 0.3) is 0 Å². The maximum Gasteiger partial charge on any atom is 0.0401 e. The van der Waals surface area contributed by atoms with E-state index in [1.807, 2.05) is 0 Å². The molecular weight excluding hydrogens is 272 g/mol. The average Bonchev–Trinajstić information content (AvgIpc) is 2.76. The molecule has 17 heavy (non-hydrogen) atoms. The van der Waals surface area contributed by atoms with Gasteiger partial charge in [-0.15, -0.1) is 0 Å². The summed E-state index contributed by atoms with van der Waals surface area (Å²) in [5.74, 6) is 0. The van der Waals surface area contributed by atoms with Crippen molar-refractivity contribution < 1.29 is 0 Å². The second-order valence-corrected chi connectivity index (χ2v) is 6.02. The molecule has 2 aromatic rings. The second kappa shape index (κ2) is 4.45. The van der Waals surface area contributed by atoms with Crippen molar-refractivity contribution in [2.45, 2.75) is 37.4 Å². The number of aryl methyl sites for hydroxylation is 2. The molecule has 0 aromatic heterocycles. The Balaban J connectivity index is 2.21. The third-order valence-corrected chi connectivity index (χ3v) is 4.74. The molecule has 0 aliphatic heterocycles. The first-order valence-corrected chi connectivity index (χ1v) is 7.40. The summed E-state index contributed by atoms with van der Waals surface area (Å²) in [6, 6.07) is 11.4. The van der Waals surface area contributed by atoms with Gasteiger partial charge in [0.1, 0.15) is 0 Å². The zero-order valence-electron chi connectivity index (χ0n) is 10.2. The lowest BCUT2D eigenvalue weighted by atomic mass is 9.97. The van der Waals surface area contributed by atoms with Gasteiger partial charge in [-0.05, 0) is 46.7 Å². The molecule has 0 spiro atoms. The molecule has 1 aliphatic carbocycles. The Morgan fingerprint density at radius 1 is 1.12 bits per heavy atom. The van der Waals surface area contributed by atoms with E-state index in [2.05, 4.69) is 53.2 Å². The van der Waals surface area contributed by atoms with Crippen LogP contribution in [0, 0.1) is 0 Å². The summed E-state index contributed by atoms with van der Waals surface area (Å²) in [4.78, 5) is 0.498. The number of benzene rings is 2. The van der Waals surface area contributed by atoms with Crippen molar-refractivity contribution in [3.63, 3.8) is 0 Å². The van der Waals surface area contributed by atoms with Crippen molar-refractivity contribution in [2.75, 3.05) is 0 Å². The zero-order valence-corrected chi connectivity index (χ0v) is 11.8. The van der Waals surface area contributed by atoms with Gasteiger partial charge < -0.3 is 0 Å². The molecule has 0 nitrogen and oxygen atoms in total. The molecule has 0 amide bonds. The lowest BCUT2D eigenvalue weighted by Gasteiger charge is -2.13. The van der Waals surface area contributed by atoms with Crippen LogP contribution in [0.2, 0.25) is 0 Å². The Morgan fingerprint density at radius 2 is 1.88 bits per heavy atom. The number of hydrogen-bond acceptors (Lipinski definition) is 0. The molecule has 1 unspecified atom stereocenters. The molecule has 1 atom stereocenters. The van der Waals surface area contributed by atoms with Crippen LogP contribution >= 0.6 is 15.9 Å². The largest absolute Gasteiger partial charge is 0.0839 e. The maximum atomic E-state index is 3.84. The molecule has 0 bridgehead atoms. The highest BCUT2D eigenvalue weighted by Crippen LogP contribution is 2.38. The highest BCUT2D eigenvalue weighted by Gasteiger charge is 2.18. The Labute approximate surface area is 111 Å². The van der Waals surface area contributed by atoms with E-state index >= 15 is 0 Å². The first-order chi connectivity index (χ1) is 8.31. The van der Waals surface area contributed by atoms with E-state index in [-0.39, 0.29) is 0 Å². The normalized spacial score (nSPS) is 15.4. The van der Waals surface area contributed by atoms with Gasteiger partial charge in [-0.25, -0.2) is 0 Å². The third-order valence-electron chi connectivity index (χ3n) is 3.79. The van der Waals surface area contributed by atoms with Crippen molar-refractivity contribution in [2.24, 2.45) is 0 Å². The summed E-state index contributed by atoms with van der Waals surface area (Å²) in [6.45, 7) is 2.24. The smallest absolute Gasteiger partial charge is 0.0401 e. The fourth-order valence-corrected chi connectivity index (χ4v) is 3.81. The molecule has 2 aromatic carbocycles. The molecule has 0 radical (unpaired) electrons. The monoisotopic (exact) mass is 288 g/mol. The molecule has 3 rings (SSSR count). The van der Waals surface area contributed by atoms with Gasteiger partial charge in [0.15, 0.2) is 0 Å². The summed E-state index contributed by atoms with van der Waals surface area (Å²) < 4.78 is 0. The van der Waals surface area contributed by atoms with Crippen LogP contribution in [0.1, 0.15) is 41.3 Å². The van der Waals surface area contributed by atoms with E-state index in [4.69, 9.17) is 0 Å². The summed E-state index contributed by atoms with van der Waals surface area (Å²) in [5, 5.41) is 3.00. The zero-order chi connectivity index (χ0) is 11.8. The van der Waals surface area contributed by atoms with E-state index in [1.54, 1.807) is 0 Å². The number of halogens is 1. The Kier molecular flexibility index (Phi) is 2.96. The molecule has 1 aliphatic rings. The summed E-state index contributed by atoms with van der Waals surface area (Å²) in [6.07, 6.45) is 4.87. The highest BCUT2D eigenvalue weighted by atomic mass is 79.9. The number of alkyl halides is 1. The topological polar surface area (TPSA) is 0 Å². The van der Waals surface area contributed by atoms with Gasteiger partial charge in [-0.1, -0.05) is 59.6 Å². The maximum absolute atomic E-state index is 3.84. The predicted octanol–water partition coefficient (Wildman–Crippen LogP) is 5.17. The van der Waals surface area contributed by atoms with Gasteiger partial charge in [0.05, 0.1) is 0 Å². The quantitative estimate of drug-likeness (QED) is 0.683. The Morgan fingerprint density at radius 3 is 2.65 bits per heavy atom. The molecule has 0 N–H and O–H groups in total. The van der Waals surface area contributed by atoms with Crippen LogP contribution in [0.3, 0.4) is 0 Å². The fraction of sp³-hybridized carbons (Fsp3) is 0.375. The van der Waals surface area contributed by atoms with Crippen LogP contribution in [0.4, 0.5) is 0 Å². The van der Waals surface area contributed by atoms with Gasteiger partial charge >= 0.3 is 0 Å². The Bertz CT molecular complexity index is 546. The highest BCUT2D eigenvalue weighted by molar-refractivity contribution is 9.09. The first kappa shape index (κ1) is 11.3. The van der Waals surface area contributed by atoms with E-state index in [9.17, 15) is 0 Å². The van der Waals surface area contributed by atoms with E-state index in [0.717, 1.165) is 0 Å².